The maximum absolute atomic E-state index is 10.8. The van der Waals surface area contributed by atoms with Gasteiger partial charge in [-0.25, -0.2) is 0 Å². The predicted octanol–water partition coefficient (Wildman–Crippen LogP) is 5.41. The minimum atomic E-state index is -2.02. The van der Waals surface area contributed by atoms with Gasteiger partial charge in [0.1, 0.15) is 0 Å². The first-order valence-electron chi connectivity index (χ1n) is 10.4. The summed E-state index contributed by atoms with van der Waals surface area (Å²) >= 11 is 0. The molecule has 4 nitrogen and oxygen atoms in total. The number of hydrogen-bond acceptors (Lipinski definition) is 4. The van der Waals surface area contributed by atoms with Crippen molar-refractivity contribution in [3.05, 3.63) is 0 Å². The lowest BCUT2D eigenvalue weighted by molar-refractivity contribution is -0.0470. The van der Waals surface area contributed by atoms with E-state index in [1.54, 1.807) is 6.92 Å². The number of rotatable bonds is 9. The molecule has 0 saturated carbocycles. The topological polar surface area (TPSA) is 58.9 Å². The molecular formula is C21H48O4Si2. The fourth-order valence-corrected chi connectivity index (χ4v) is 4.75. The molecule has 0 unspecified atom stereocenters. The zero-order valence-corrected chi connectivity index (χ0v) is 22.3. The lowest BCUT2D eigenvalue weighted by Gasteiger charge is -2.44. The summed E-state index contributed by atoms with van der Waals surface area (Å²) < 4.78 is 13.2. The van der Waals surface area contributed by atoms with Gasteiger partial charge in [-0.3, -0.25) is 0 Å². The first kappa shape index (κ1) is 27.3. The second-order valence-corrected chi connectivity index (χ2v) is 21.0. The van der Waals surface area contributed by atoms with Crippen LogP contribution in [0.3, 0.4) is 0 Å². The van der Waals surface area contributed by atoms with Crippen LogP contribution in [0, 0.1) is 11.8 Å². The largest absolute Gasteiger partial charge is 0.414 e. The molecule has 0 aromatic heterocycles. The van der Waals surface area contributed by atoms with Gasteiger partial charge in [0.2, 0.25) is 0 Å². The second kappa shape index (κ2) is 9.39. The van der Waals surface area contributed by atoms with Gasteiger partial charge < -0.3 is 19.1 Å². The Hall–Kier alpha value is 0.274. The van der Waals surface area contributed by atoms with E-state index in [0.717, 1.165) is 0 Å². The molecule has 0 aliphatic carbocycles. The molecule has 0 aliphatic rings. The summed E-state index contributed by atoms with van der Waals surface area (Å²) in [5.74, 6) is -0.327. The van der Waals surface area contributed by atoms with E-state index in [0.29, 0.717) is 6.61 Å². The first-order valence-corrected chi connectivity index (χ1v) is 16.2. The van der Waals surface area contributed by atoms with Crippen molar-refractivity contribution in [2.24, 2.45) is 11.8 Å². The molecule has 0 amide bonds. The van der Waals surface area contributed by atoms with Crippen molar-refractivity contribution >= 4 is 16.6 Å². The van der Waals surface area contributed by atoms with Crippen LogP contribution in [0.5, 0.6) is 0 Å². The van der Waals surface area contributed by atoms with Gasteiger partial charge >= 0.3 is 0 Å². The highest BCUT2D eigenvalue weighted by molar-refractivity contribution is 6.74. The average molecular weight is 421 g/mol. The lowest BCUT2D eigenvalue weighted by atomic mass is 9.87. The van der Waals surface area contributed by atoms with Crippen molar-refractivity contribution in [3.8, 4) is 0 Å². The summed E-state index contributed by atoms with van der Waals surface area (Å²) in [6.45, 7) is 28.5. The minimum Gasteiger partial charge on any atom is -0.414 e. The van der Waals surface area contributed by atoms with E-state index in [-0.39, 0.29) is 28.0 Å². The quantitative estimate of drug-likeness (QED) is 0.489. The van der Waals surface area contributed by atoms with E-state index < -0.39 is 28.8 Å². The standard InChI is InChI=1S/C21H48O4Si2/c1-15(17(3)22)19(23)16(2)18(25-27(12,13)21(7,8)9)14-24-26(10,11)20(4,5)6/h15-19,22-23H,14H2,1-13H3/t15-,16-,17-,18+,19-/m0/s1. The first-order chi connectivity index (χ1) is 11.7. The summed E-state index contributed by atoms with van der Waals surface area (Å²) in [6.07, 6.45) is -1.38. The van der Waals surface area contributed by atoms with E-state index in [1.165, 1.54) is 0 Å². The lowest BCUT2D eigenvalue weighted by Crippen LogP contribution is -2.52. The van der Waals surface area contributed by atoms with Crippen LogP contribution >= 0.6 is 0 Å². The Balaban J connectivity index is 5.57. The van der Waals surface area contributed by atoms with Gasteiger partial charge in [-0.05, 0) is 43.2 Å². The van der Waals surface area contributed by atoms with Crippen LogP contribution in [-0.2, 0) is 8.85 Å². The molecule has 0 rings (SSSR count). The van der Waals surface area contributed by atoms with Gasteiger partial charge in [-0.1, -0.05) is 55.4 Å². The molecular weight excluding hydrogens is 372 g/mol. The van der Waals surface area contributed by atoms with Gasteiger partial charge in [0.25, 0.3) is 0 Å². The Morgan fingerprint density at radius 2 is 1.15 bits per heavy atom. The molecule has 0 saturated heterocycles. The Morgan fingerprint density at radius 1 is 0.741 bits per heavy atom. The van der Waals surface area contributed by atoms with Crippen LogP contribution in [-0.4, -0.2) is 51.8 Å². The molecule has 0 aliphatic heterocycles. The summed E-state index contributed by atoms with van der Waals surface area (Å²) in [6, 6.07) is 0. The van der Waals surface area contributed by atoms with Crippen molar-refractivity contribution in [2.75, 3.05) is 6.61 Å². The SMILES string of the molecule is C[C@H]([C@H](O)[C@@H](C)[C@@H](CO[Si](C)(C)C(C)(C)C)O[Si](C)(C)C(C)(C)C)[C@H](C)O. The fourth-order valence-electron chi connectivity index (χ4n) is 2.34. The summed E-state index contributed by atoms with van der Waals surface area (Å²) in [7, 11) is -3.93. The number of hydrogen-bond donors (Lipinski definition) is 2. The van der Waals surface area contributed by atoms with Gasteiger partial charge in [0.05, 0.1) is 24.9 Å². The molecule has 5 atom stereocenters. The smallest absolute Gasteiger partial charge is 0.192 e. The third kappa shape index (κ3) is 7.55. The molecule has 0 radical (unpaired) electrons. The fraction of sp³-hybridized carbons (Fsp3) is 1.00. The zero-order chi connectivity index (χ0) is 22.0. The van der Waals surface area contributed by atoms with Crippen LogP contribution < -0.4 is 0 Å². The van der Waals surface area contributed by atoms with Crippen molar-refractivity contribution in [2.45, 2.75) is 117 Å². The maximum Gasteiger partial charge on any atom is 0.192 e. The molecule has 6 heteroatoms. The molecule has 0 aromatic rings. The number of aliphatic hydroxyl groups is 2. The summed E-state index contributed by atoms with van der Waals surface area (Å²) in [4.78, 5) is 0. The molecule has 0 fully saturated rings. The van der Waals surface area contributed by atoms with Gasteiger partial charge in [0.15, 0.2) is 16.6 Å². The second-order valence-electron chi connectivity index (χ2n) is 11.4. The average Bonchev–Trinajstić information content (AvgIpc) is 2.46. The molecule has 2 N–H and O–H groups in total. The third-order valence-electron chi connectivity index (χ3n) is 7.09. The Bertz CT molecular complexity index is 450. The number of aliphatic hydroxyl groups excluding tert-OH is 2. The third-order valence-corrected chi connectivity index (χ3v) is 16.1. The molecule has 0 spiro atoms. The highest BCUT2D eigenvalue weighted by atomic mass is 28.4. The van der Waals surface area contributed by atoms with Gasteiger partial charge in [0, 0.05) is 11.8 Å². The van der Waals surface area contributed by atoms with Gasteiger partial charge in [-0.15, -0.1) is 0 Å². The van der Waals surface area contributed by atoms with Crippen molar-refractivity contribution in [1.29, 1.82) is 0 Å². The van der Waals surface area contributed by atoms with Crippen LogP contribution in [0.4, 0.5) is 0 Å². The van der Waals surface area contributed by atoms with Crippen molar-refractivity contribution < 1.29 is 19.1 Å². The van der Waals surface area contributed by atoms with Crippen LogP contribution in [0.1, 0.15) is 62.3 Å². The van der Waals surface area contributed by atoms with E-state index >= 15 is 0 Å². The van der Waals surface area contributed by atoms with E-state index in [4.69, 9.17) is 8.85 Å². The van der Waals surface area contributed by atoms with E-state index in [2.05, 4.69) is 67.7 Å². The molecule has 27 heavy (non-hydrogen) atoms. The van der Waals surface area contributed by atoms with Crippen molar-refractivity contribution in [1.82, 2.24) is 0 Å². The van der Waals surface area contributed by atoms with Crippen molar-refractivity contribution in [3.63, 3.8) is 0 Å². The minimum absolute atomic E-state index is 0.0861. The molecule has 0 bridgehead atoms. The normalized spacial score (nSPS) is 20.1. The van der Waals surface area contributed by atoms with E-state index in [9.17, 15) is 10.2 Å². The Morgan fingerprint density at radius 3 is 1.48 bits per heavy atom. The highest BCUT2D eigenvalue weighted by Crippen LogP contribution is 2.40. The van der Waals surface area contributed by atoms with Crippen LogP contribution in [0.2, 0.25) is 36.3 Å². The maximum atomic E-state index is 10.8. The molecule has 0 heterocycles. The summed E-state index contributed by atoms with van der Waals surface area (Å²) in [5, 5.41) is 21.0. The van der Waals surface area contributed by atoms with Gasteiger partial charge in [-0.2, -0.15) is 0 Å². The molecule has 164 valence electrons. The Labute approximate surface area is 171 Å². The predicted molar refractivity (Wildman–Crippen MR) is 121 cm³/mol. The highest BCUT2D eigenvalue weighted by Gasteiger charge is 2.44. The van der Waals surface area contributed by atoms with Crippen LogP contribution in [0.25, 0.3) is 0 Å². The monoisotopic (exact) mass is 420 g/mol. The summed E-state index contributed by atoms with van der Waals surface area (Å²) in [5.41, 5.74) is 0. The molecule has 0 aromatic carbocycles. The zero-order valence-electron chi connectivity index (χ0n) is 20.3. The Kier molecular flexibility index (Phi) is 9.49. The van der Waals surface area contributed by atoms with Crippen LogP contribution in [0.15, 0.2) is 0 Å². The van der Waals surface area contributed by atoms with E-state index in [1.807, 2.05) is 13.8 Å².